The molecule has 2 N–H and O–H groups in total. The first kappa shape index (κ1) is 16.8. The van der Waals surface area contributed by atoms with E-state index < -0.39 is 23.2 Å². The van der Waals surface area contributed by atoms with Crippen molar-refractivity contribution < 1.29 is 29.1 Å². The zero-order valence-corrected chi connectivity index (χ0v) is 12.2. The third-order valence-corrected chi connectivity index (χ3v) is 3.33. The molecule has 9 heteroatoms. The van der Waals surface area contributed by atoms with Gasteiger partial charge in [0.05, 0.1) is 17.1 Å². The van der Waals surface area contributed by atoms with E-state index in [2.05, 4.69) is 0 Å². The third-order valence-electron chi connectivity index (χ3n) is 3.33. The van der Waals surface area contributed by atoms with Crippen LogP contribution in [0.1, 0.15) is 35.2 Å². The van der Waals surface area contributed by atoms with Crippen LogP contribution < -0.4 is 5.32 Å². The normalized spacial score (nSPS) is 17.5. The molecule has 1 saturated heterocycles. The van der Waals surface area contributed by atoms with E-state index in [1.54, 1.807) is 5.32 Å². The number of nitro benzene ring substituents is 1. The smallest absolute Gasteiger partial charge is 0.411 e. The van der Waals surface area contributed by atoms with Crippen LogP contribution in [0.3, 0.4) is 0 Å². The van der Waals surface area contributed by atoms with Crippen LogP contribution in [-0.4, -0.2) is 34.9 Å². The minimum atomic E-state index is -1.54. The molecule has 1 aliphatic rings. The molecule has 124 valence electrons. The van der Waals surface area contributed by atoms with Crippen molar-refractivity contribution in [1.82, 2.24) is 5.32 Å². The molecular weight excluding hydrogens is 308 g/mol. The summed E-state index contributed by atoms with van der Waals surface area (Å²) < 4.78 is 10.9. The Labute approximate surface area is 131 Å². The minimum absolute atomic E-state index is 0.00890. The number of imide groups is 1. The molecule has 0 aromatic heterocycles. The number of carboxylic acid groups (broad SMARTS) is 1. The first-order valence-corrected chi connectivity index (χ1v) is 7.02. The lowest BCUT2D eigenvalue weighted by molar-refractivity contribution is -0.384. The lowest BCUT2D eigenvalue weighted by Gasteiger charge is -2.23. The molecule has 0 unspecified atom stereocenters. The Morgan fingerprint density at radius 1 is 1.43 bits per heavy atom. The molecule has 2 amide bonds. The minimum Gasteiger partial charge on any atom is -0.465 e. The molecule has 1 aliphatic heterocycles. The van der Waals surface area contributed by atoms with Crippen molar-refractivity contribution in [3.8, 4) is 0 Å². The monoisotopic (exact) mass is 324 g/mol. The van der Waals surface area contributed by atoms with Crippen molar-refractivity contribution in [2.45, 2.75) is 32.2 Å². The Kier molecular flexibility index (Phi) is 5.61. The van der Waals surface area contributed by atoms with Crippen molar-refractivity contribution in [2.75, 3.05) is 6.61 Å². The van der Waals surface area contributed by atoms with Gasteiger partial charge in [0.2, 0.25) is 0 Å². The number of benzene rings is 1. The molecule has 1 atom stereocenters. The number of ether oxygens (including phenoxy) is 2. The van der Waals surface area contributed by atoms with E-state index in [4.69, 9.17) is 14.6 Å². The van der Waals surface area contributed by atoms with E-state index in [0.717, 1.165) is 25.3 Å². The first-order chi connectivity index (χ1) is 11.0. The highest BCUT2D eigenvalue weighted by molar-refractivity contribution is 6.03. The largest absolute Gasteiger partial charge is 0.465 e. The lowest BCUT2D eigenvalue weighted by atomic mass is 10.1. The molecular formula is C14H16N2O7. The number of hydrogen-bond acceptors (Lipinski definition) is 6. The number of rotatable bonds is 5. The standard InChI is InChI=1S/C14H16N2O7/c17-13(15-14(18)19)11-7-10(16(20)21)5-4-9(11)8-23-12-3-1-2-6-22-12/h4-5,7,12H,1-3,6,8H2,(H,15,17)(H,18,19)/t12-/m0/s1. The summed E-state index contributed by atoms with van der Waals surface area (Å²) in [5, 5.41) is 21.1. The highest BCUT2D eigenvalue weighted by Gasteiger charge is 2.20. The van der Waals surface area contributed by atoms with E-state index >= 15 is 0 Å². The van der Waals surface area contributed by atoms with Crippen LogP contribution in [-0.2, 0) is 16.1 Å². The molecule has 1 fully saturated rings. The van der Waals surface area contributed by atoms with Crippen LogP contribution in [0.5, 0.6) is 0 Å². The van der Waals surface area contributed by atoms with Gasteiger partial charge in [-0.3, -0.25) is 20.2 Å². The molecule has 0 radical (unpaired) electrons. The quantitative estimate of drug-likeness (QED) is 0.626. The Bertz CT molecular complexity index is 611. The van der Waals surface area contributed by atoms with E-state index in [1.165, 1.54) is 12.1 Å². The van der Waals surface area contributed by atoms with E-state index in [9.17, 15) is 19.7 Å². The molecule has 23 heavy (non-hydrogen) atoms. The van der Waals surface area contributed by atoms with Gasteiger partial charge in [-0.15, -0.1) is 0 Å². The molecule has 1 aromatic rings. The summed E-state index contributed by atoms with van der Waals surface area (Å²) in [6, 6.07) is 3.63. The average molecular weight is 324 g/mol. The Hall–Kier alpha value is -2.52. The summed E-state index contributed by atoms with van der Waals surface area (Å²) in [5.74, 6) is -0.940. The van der Waals surface area contributed by atoms with Gasteiger partial charge >= 0.3 is 6.09 Å². The Morgan fingerprint density at radius 3 is 2.83 bits per heavy atom. The number of carbonyl (C=O) groups is 2. The third kappa shape index (κ3) is 4.73. The van der Waals surface area contributed by atoms with Crippen molar-refractivity contribution in [3.05, 3.63) is 39.4 Å². The summed E-state index contributed by atoms with van der Waals surface area (Å²) in [6.07, 6.45) is 0.725. The second kappa shape index (κ2) is 7.65. The van der Waals surface area contributed by atoms with Crippen LogP contribution in [0.15, 0.2) is 18.2 Å². The number of nitrogens with one attached hydrogen (secondary N) is 1. The average Bonchev–Trinajstić information content (AvgIpc) is 2.53. The fourth-order valence-corrected chi connectivity index (χ4v) is 2.21. The number of hydrogen-bond donors (Lipinski definition) is 2. The maximum Gasteiger partial charge on any atom is 0.411 e. The SMILES string of the molecule is O=C(O)NC(=O)c1cc([N+](=O)[O-])ccc1CO[C@H]1CCCCO1. The zero-order valence-electron chi connectivity index (χ0n) is 12.2. The second-order valence-corrected chi connectivity index (χ2v) is 4.96. The molecule has 0 spiro atoms. The van der Waals surface area contributed by atoms with E-state index in [-0.39, 0.29) is 17.9 Å². The van der Waals surface area contributed by atoms with Gasteiger partial charge in [-0.2, -0.15) is 0 Å². The van der Waals surface area contributed by atoms with Crippen molar-refractivity contribution >= 4 is 17.7 Å². The molecule has 0 aliphatic carbocycles. The highest BCUT2D eigenvalue weighted by atomic mass is 16.7. The van der Waals surface area contributed by atoms with E-state index in [0.29, 0.717) is 12.2 Å². The van der Waals surface area contributed by atoms with Gasteiger partial charge in [0.1, 0.15) is 0 Å². The predicted octanol–water partition coefficient (Wildman–Crippen LogP) is 2.05. The fraction of sp³-hybridized carbons (Fsp3) is 0.429. The molecule has 0 bridgehead atoms. The second-order valence-electron chi connectivity index (χ2n) is 4.96. The summed E-state index contributed by atoms with van der Waals surface area (Å²) in [4.78, 5) is 32.7. The highest BCUT2D eigenvalue weighted by Crippen LogP contribution is 2.21. The number of nitrogens with zero attached hydrogens (tertiary/aromatic N) is 1. The molecule has 1 aromatic carbocycles. The predicted molar refractivity (Wildman–Crippen MR) is 77.0 cm³/mol. The van der Waals surface area contributed by atoms with Gasteiger partial charge in [0, 0.05) is 18.7 Å². The molecule has 9 nitrogen and oxygen atoms in total. The number of nitro groups is 1. The maximum absolute atomic E-state index is 11.9. The van der Waals surface area contributed by atoms with Gasteiger partial charge in [0.25, 0.3) is 11.6 Å². The summed E-state index contributed by atoms with van der Waals surface area (Å²) in [5.41, 5.74) is -0.0702. The fourth-order valence-electron chi connectivity index (χ4n) is 2.21. The van der Waals surface area contributed by atoms with Gasteiger partial charge in [-0.25, -0.2) is 4.79 Å². The molecule has 2 rings (SSSR count). The zero-order chi connectivity index (χ0) is 16.8. The Balaban J connectivity index is 2.17. The van der Waals surface area contributed by atoms with Crippen LogP contribution in [0.4, 0.5) is 10.5 Å². The van der Waals surface area contributed by atoms with Crippen LogP contribution in [0.2, 0.25) is 0 Å². The summed E-state index contributed by atoms with van der Waals surface area (Å²) in [6.45, 7) is 0.586. The van der Waals surface area contributed by atoms with Gasteiger partial charge in [-0.05, 0) is 30.9 Å². The molecule has 1 heterocycles. The summed E-state index contributed by atoms with van der Waals surface area (Å²) in [7, 11) is 0. The van der Waals surface area contributed by atoms with Gasteiger partial charge in [0.15, 0.2) is 6.29 Å². The Morgan fingerprint density at radius 2 is 2.22 bits per heavy atom. The van der Waals surface area contributed by atoms with Crippen molar-refractivity contribution in [3.63, 3.8) is 0 Å². The molecule has 0 saturated carbocycles. The van der Waals surface area contributed by atoms with Gasteiger partial charge < -0.3 is 14.6 Å². The maximum atomic E-state index is 11.9. The number of amides is 2. The van der Waals surface area contributed by atoms with Gasteiger partial charge in [-0.1, -0.05) is 0 Å². The summed E-state index contributed by atoms with van der Waals surface area (Å²) >= 11 is 0. The van der Waals surface area contributed by atoms with Crippen LogP contribution in [0.25, 0.3) is 0 Å². The first-order valence-electron chi connectivity index (χ1n) is 7.02. The van der Waals surface area contributed by atoms with Crippen LogP contribution in [0, 0.1) is 10.1 Å². The van der Waals surface area contributed by atoms with Crippen molar-refractivity contribution in [1.29, 1.82) is 0 Å². The topological polar surface area (TPSA) is 128 Å². The van der Waals surface area contributed by atoms with E-state index in [1.807, 2.05) is 0 Å². The lowest BCUT2D eigenvalue weighted by Crippen LogP contribution is -2.30. The number of non-ortho nitro benzene ring substituents is 1. The van der Waals surface area contributed by atoms with Crippen LogP contribution >= 0.6 is 0 Å². The number of carbonyl (C=O) groups excluding carboxylic acids is 1. The van der Waals surface area contributed by atoms with Crippen molar-refractivity contribution in [2.24, 2.45) is 0 Å².